The summed E-state index contributed by atoms with van der Waals surface area (Å²) in [6.45, 7) is 2.57. The summed E-state index contributed by atoms with van der Waals surface area (Å²) in [5.41, 5.74) is -0.300. The topological polar surface area (TPSA) is 88.6 Å². The van der Waals surface area contributed by atoms with Crippen molar-refractivity contribution in [3.05, 3.63) is 41.6 Å². The quantitative estimate of drug-likeness (QED) is 0.354. The number of aromatic amines is 1. The van der Waals surface area contributed by atoms with Crippen molar-refractivity contribution in [2.75, 3.05) is 54.0 Å². The molecule has 5 rings (SSSR count). The fourth-order valence-electron chi connectivity index (χ4n) is 4.78. The summed E-state index contributed by atoms with van der Waals surface area (Å²) in [6.07, 6.45) is -9.90. The molecular formula is C25H25F9N6O2. The molecule has 0 amide bonds. The lowest BCUT2D eigenvalue weighted by molar-refractivity contribution is -0.192. The van der Waals surface area contributed by atoms with Crippen molar-refractivity contribution in [3.8, 4) is 0 Å². The Morgan fingerprint density at radius 2 is 1.40 bits per heavy atom. The maximum absolute atomic E-state index is 13.6. The van der Waals surface area contributed by atoms with Crippen LogP contribution in [0.4, 0.5) is 57.0 Å². The highest BCUT2D eigenvalue weighted by atomic mass is 19.4. The van der Waals surface area contributed by atoms with E-state index in [0.717, 1.165) is 37.5 Å². The minimum atomic E-state index is -5.08. The highest BCUT2D eigenvalue weighted by molar-refractivity contribution is 5.91. The summed E-state index contributed by atoms with van der Waals surface area (Å²) in [5.74, 6) is -2.46. The lowest BCUT2D eigenvalue weighted by Crippen LogP contribution is -2.47. The SMILES string of the molecule is FC(F)(F)c1cc(N2CCCCC2)c2nc(N3CCN(c4ncccc4C(F)(F)F)CC3)[nH]c2c1.O=C(O)C(F)(F)F. The van der Waals surface area contributed by atoms with Gasteiger partial charge in [-0.25, -0.2) is 14.8 Å². The summed E-state index contributed by atoms with van der Waals surface area (Å²) >= 11 is 0. The molecule has 42 heavy (non-hydrogen) atoms. The Morgan fingerprint density at radius 3 is 1.95 bits per heavy atom. The second-order valence-electron chi connectivity index (χ2n) is 9.65. The summed E-state index contributed by atoms with van der Waals surface area (Å²) < 4.78 is 113. The molecule has 17 heteroatoms. The molecule has 2 fully saturated rings. The Hall–Kier alpha value is -3.92. The third kappa shape index (κ3) is 7.10. The largest absolute Gasteiger partial charge is 0.490 e. The highest BCUT2D eigenvalue weighted by Gasteiger charge is 2.38. The van der Waals surface area contributed by atoms with E-state index in [2.05, 4.69) is 15.0 Å². The molecule has 2 aliphatic rings. The molecule has 2 saturated heterocycles. The number of hydrogen-bond acceptors (Lipinski definition) is 6. The molecule has 0 radical (unpaired) electrons. The maximum Gasteiger partial charge on any atom is 0.490 e. The summed E-state index contributed by atoms with van der Waals surface area (Å²) in [5, 5.41) is 7.12. The number of anilines is 3. The van der Waals surface area contributed by atoms with E-state index in [9.17, 15) is 39.5 Å². The number of carboxylic acid groups (broad SMARTS) is 1. The van der Waals surface area contributed by atoms with Crippen molar-refractivity contribution in [1.29, 1.82) is 0 Å². The van der Waals surface area contributed by atoms with Crippen molar-refractivity contribution < 1.29 is 49.4 Å². The Morgan fingerprint density at radius 1 is 0.810 bits per heavy atom. The minimum absolute atomic E-state index is 0.119. The number of fused-ring (bicyclic) bond motifs is 1. The molecule has 1 aromatic carbocycles. The minimum Gasteiger partial charge on any atom is -0.475 e. The van der Waals surface area contributed by atoms with Crippen molar-refractivity contribution in [2.45, 2.75) is 37.8 Å². The van der Waals surface area contributed by atoms with Crippen LogP contribution in [-0.2, 0) is 17.1 Å². The second kappa shape index (κ2) is 11.8. The number of nitrogens with zero attached hydrogens (tertiary/aromatic N) is 5. The molecule has 0 aliphatic carbocycles. The van der Waals surface area contributed by atoms with Gasteiger partial charge in [0, 0.05) is 45.5 Å². The third-order valence-electron chi connectivity index (χ3n) is 6.79. The van der Waals surface area contributed by atoms with Gasteiger partial charge in [0.2, 0.25) is 5.95 Å². The van der Waals surface area contributed by atoms with E-state index < -0.39 is 35.6 Å². The van der Waals surface area contributed by atoms with Gasteiger partial charge >= 0.3 is 24.5 Å². The van der Waals surface area contributed by atoms with Crippen LogP contribution in [0.3, 0.4) is 0 Å². The number of nitrogens with one attached hydrogen (secondary N) is 1. The van der Waals surface area contributed by atoms with Gasteiger partial charge in [-0.1, -0.05) is 0 Å². The summed E-state index contributed by atoms with van der Waals surface area (Å²) in [6, 6.07) is 4.50. The van der Waals surface area contributed by atoms with Gasteiger partial charge in [-0.15, -0.1) is 0 Å². The number of halogens is 9. The van der Waals surface area contributed by atoms with E-state index in [0.29, 0.717) is 48.8 Å². The molecular weight excluding hydrogens is 587 g/mol. The Balaban J connectivity index is 0.000000517. The number of rotatable bonds is 3. The molecule has 0 bridgehead atoms. The number of hydrogen-bond donors (Lipinski definition) is 2. The number of benzene rings is 1. The number of carboxylic acids is 1. The number of H-pyrrole nitrogens is 1. The molecule has 0 unspecified atom stereocenters. The average molecular weight is 612 g/mol. The zero-order valence-electron chi connectivity index (χ0n) is 21.7. The molecule has 230 valence electrons. The van der Waals surface area contributed by atoms with Crippen LogP contribution in [0.1, 0.15) is 30.4 Å². The standard InChI is InChI=1S/C23H24F6N6.C2HF3O2/c24-22(25,26)15-13-17-19(18(14-15)33-7-2-1-3-8-33)32-21(31-17)35-11-9-34(10-12-35)20-16(23(27,28)29)5-4-6-30-20;3-2(4,5)1(6)7/h4-6,13-14H,1-3,7-12H2,(H,31,32);(H,6,7). The van der Waals surface area contributed by atoms with E-state index in [-0.39, 0.29) is 18.9 Å². The number of carbonyl (C=O) groups is 1. The van der Waals surface area contributed by atoms with Crippen LogP contribution in [-0.4, -0.2) is 71.5 Å². The smallest absolute Gasteiger partial charge is 0.475 e. The zero-order valence-corrected chi connectivity index (χ0v) is 21.7. The van der Waals surface area contributed by atoms with Crippen molar-refractivity contribution in [1.82, 2.24) is 15.0 Å². The monoisotopic (exact) mass is 612 g/mol. The Kier molecular flexibility index (Phi) is 8.68. The van der Waals surface area contributed by atoms with Gasteiger partial charge in [-0.2, -0.15) is 39.5 Å². The van der Waals surface area contributed by atoms with Gasteiger partial charge in [-0.3, -0.25) is 0 Å². The predicted octanol–water partition coefficient (Wildman–Crippen LogP) is 5.95. The molecule has 0 saturated carbocycles. The van der Waals surface area contributed by atoms with Gasteiger partial charge in [0.1, 0.15) is 11.3 Å². The Labute approximate surface area is 232 Å². The molecule has 2 N–H and O–H groups in total. The first-order valence-electron chi connectivity index (χ1n) is 12.7. The fourth-order valence-corrected chi connectivity index (χ4v) is 4.78. The number of pyridine rings is 1. The van der Waals surface area contributed by atoms with Crippen molar-refractivity contribution in [2.24, 2.45) is 0 Å². The Bertz CT molecular complexity index is 1390. The van der Waals surface area contributed by atoms with Crippen molar-refractivity contribution >= 4 is 34.5 Å². The lowest BCUT2D eigenvalue weighted by atomic mass is 10.1. The van der Waals surface area contributed by atoms with Crippen LogP contribution in [0.25, 0.3) is 11.0 Å². The summed E-state index contributed by atoms with van der Waals surface area (Å²) in [4.78, 5) is 25.9. The van der Waals surface area contributed by atoms with Gasteiger partial charge in [0.25, 0.3) is 0 Å². The number of imidazole rings is 1. The van der Waals surface area contributed by atoms with Crippen LogP contribution < -0.4 is 14.7 Å². The first-order valence-corrected chi connectivity index (χ1v) is 12.7. The van der Waals surface area contributed by atoms with Gasteiger partial charge in [-0.05, 0) is 43.5 Å². The van der Waals surface area contributed by atoms with E-state index in [1.165, 1.54) is 12.3 Å². The molecule has 2 aromatic heterocycles. The van der Waals surface area contributed by atoms with Crippen molar-refractivity contribution in [3.63, 3.8) is 0 Å². The van der Waals surface area contributed by atoms with E-state index in [4.69, 9.17) is 9.90 Å². The number of aromatic nitrogens is 3. The lowest BCUT2D eigenvalue weighted by Gasteiger charge is -2.36. The highest BCUT2D eigenvalue weighted by Crippen LogP contribution is 2.38. The van der Waals surface area contributed by atoms with Crippen LogP contribution in [0.5, 0.6) is 0 Å². The van der Waals surface area contributed by atoms with E-state index in [1.54, 1.807) is 4.90 Å². The van der Waals surface area contributed by atoms with E-state index in [1.807, 2.05) is 9.80 Å². The van der Waals surface area contributed by atoms with Crippen LogP contribution in [0.2, 0.25) is 0 Å². The molecule has 0 atom stereocenters. The molecule has 4 heterocycles. The molecule has 0 spiro atoms. The molecule has 8 nitrogen and oxygen atoms in total. The first kappa shape index (κ1) is 31.0. The van der Waals surface area contributed by atoms with Gasteiger partial charge < -0.3 is 24.8 Å². The van der Waals surface area contributed by atoms with E-state index >= 15 is 0 Å². The first-order chi connectivity index (χ1) is 19.6. The maximum atomic E-state index is 13.6. The zero-order chi connectivity index (χ0) is 30.9. The third-order valence-corrected chi connectivity index (χ3v) is 6.79. The van der Waals surface area contributed by atoms with Gasteiger partial charge in [0.05, 0.1) is 22.3 Å². The number of alkyl halides is 9. The molecule has 2 aliphatic heterocycles. The van der Waals surface area contributed by atoms with Gasteiger partial charge in [0.15, 0.2) is 0 Å². The van der Waals surface area contributed by atoms with Crippen LogP contribution in [0, 0.1) is 0 Å². The molecule has 3 aromatic rings. The van der Waals surface area contributed by atoms with Crippen LogP contribution >= 0.6 is 0 Å². The number of aliphatic carboxylic acids is 1. The number of piperazine rings is 1. The number of piperidine rings is 1. The summed E-state index contributed by atoms with van der Waals surface area (Å²) in [7, 11) is 0. The second-order valence-corrected chi connectivity index (χ2v) is 9.65. The van der Waals surface area contributed by atoms with Crippen LogP contribution in [0.15, 0.2) is 30.5 Å². The average Bonchev–Trinajstić information content (AvgIpc) is 3.36. The fraction of sp³-hybridized carbons (Fsp3) is 0.480. The normalized spacial score (nSPS) is 16.8. The predicted molar refractivity (Wildman–Crippen MR) is 135 cm³/mol.